The van der Waals surface area contributed by atoms with E-state index in [4.69, 9.17) is 9.47 Å². The summed E-state index contributed by atoms with van der Waals surface area (Å²) in [6.07, 6.45) is 0.00258. The Morgan fingerprint density at radius 3 is 2.42 bits per heavy atom. The zero-order valence-corrected chi connectivity index (χ0v) is 15.1. The third-order valence-corrected chi connectivity index (χ3v) is 4.08. The molecule has 0 aliphatic carbocycles. The van der Waals surface area contributed by atoms with Gasteiger partial charge in [0.1, 0.15) is 11.5 Å². The second-order valence-corrected chi connectivity index (χ2v) is 5.80. The second-order valence-electron chi connectivity index (χ2n) is 5.80. The number of rotatable bonds is 7. The molecule has 0 unspecified atom stereocenters. The SMILES string of the molecule is CNC(=O)C[C@H]1C(=O)NCCN1CC(=O)Nc1cc(OC)cc(OC)c1. The summed E-state index contributed by atoms with van der Waals surface area (Å²) in [4.78, 5) is 37.8. The van der Waals surface area contributed by atoms with Crippen LogP contribution < -0.4 is 25.4 Å². The number of carbonyl (C=O) groups is 3. The summed E-state index contributed by atoms with van der Waals surface area (Å²) in [6.45, 7) is 0.917. The van der Waals surface area contributed by atoms with E-state index >= 15 is 0 Å². The maximum atomic E-state index is 12.4. The van der Waals surface area contributed by atoms with Gasteiger partial charge in [0.05, 0.1) is 33.2 Å². The van der Waals surface area contributed by atoms with E-state index in [1.54, 1.807) is 23.1 Å². The topological polar surface area (TPSA) is 109 Å². The minimum absolute atomic E-state index is 0.00258. The molecule has 142 valence electrons. The third-order valence-electron chi connectivity index (χ3n) is 4.08. The van der Waals surface area contributed by atoms with E-state index in [1.165, 1.54) is 21.3 Å². The van der Waals surface area contributed by atoms with Crippen molar-refractivity contribution in [2.75, 3.05) is 46.2 Å². The van der Waals surface area contributed by atoms with Gasteiger partial charge < -0.3 is 25.4 Å². The van der Waals surface area contributed by atoms with E-state index < -0.39 is 6.04 Å². The number of nitrogens with one attached hydrogen (secondary N) is 3. The van der Waals surface area contributed by atoms with Gasteiger partial charge in [-0.15, -0.1) is 0 Å². The maximum absolute atomic E-state index is 12.4. The minimum atomic E-state index is -0.672. The Hall–Kier alpha value is -2.81. The fourth-order valence-corrected chi connectivity index (χ4v) is 2.72. The van der Waals surface area contributed by atoms with Gasteiger partial charge in [-0.2, -0.15) is 0 Å². The Labute approximate surface area is 152 Å². The van der Waals surface area contributed by atoms with Gasteiger partial charge in [0.25, 0.3) is 0 Å². The lowest BCUT2D eigenvalue weighted by Gasteiger charge is -2.34. The molecule has 1 fully saturated rings. The van der Waals surface area contributed by atoms with Gasteiger partial charge in [-0.1, -0.05) is 0 Å². The first-order valence-electron chi connectivity index (χ1n) is 8.22. The Balaban J connectivity index is 2.05. The number of amides is 3. The minimum Gasteiger partial charge on any atom is -0.497 e. The van der Waals surface area contributed by atoms with Crippen LogP contribution in [0.25, 0.3) is 0 Å². The quantitative estimate of drug-likeness (QED) is 0.606. The Kier molecular flexibility index (Phi) is 6.79. The molecule has 0 aromatic heterocycles. The van der Waals surface area contributed by atoms with Crippen molar-refractivity contribution in [1.29, 1.82) is 0 Å². The fraction of sp³-hybridized carbons (Fsp3) is 0.471. The van der Waals surface area contributed by atoms with E-state index in [9.17, 15) is 14.4 Å². The molecule has 9 heteroatoms. The van der Waals surface area contributed by atoms with Crippen LogP contribution in [0.5, 0.6) is 11.5 Å². The van der Waals surface area contributed by atoms with E-state index in [2.05, 4.69) is 16.0 Å². The lowest BCUT2D eigenvalue weighted by Crippen LogP contribution is -2.57. The van der Waals surface area contributed by atoms with Crippen molar-refractivity contribution in [3.8, 4) is 11.5 Å². The Morgan fingerprint density at radius 1 is 1.19 bits per heavy atom. The number of anilines is 1. The number of nitrogens with zero attached hydrogens (tertiary/aromatic N) is 1. The number of piperazine rings is 1. The molecule has 1 heterocycles. The molecule has 3 N–H and O–H groups in total. The lowest BCUT2D eigenvalue weighted by molar-refractivity contribution is -0.135. The standard InChI is InChI=1S/C17H24N4O5/c1-18-15(22)9-14-17(24)19-4-5-21(14)10-16(23)20-11-6-12(25-2)8-13(7-11)26-3/h6-8,14H,4-5,9-10H2,1-3H3,(H,18,22)(H,19,24)(H,20,23)/t14-/m0/s1. The normalized spacial score (nSPS) is 17.2. The van der Waals surface area contributed by atoms with E-state index in [0.29, 0.717) is 30.3 Å². The average Bonchev–Trinajstić information content (AvgIpc) is 2.63. The molecule has 1 aromatic rings. The fourth-order valence-electron chi connectivity index (χ4n) is 2.72. The van der Waals surface area contributed by atoms with Gasteiger partial charge in [-0.25, -0.2) is 0 Å². The van der Waals surface area contributed by atoms with Crippen molar-refractivity contribution in [1.82, 2.24) is 15.5 Å². The molecular formula is C17H24N4O5. The highest BCUT2D eigenvalue weighted by atomic mass is 16.5. The van der Waals surface area contributed by atoms with Crippen LogP contribution >= 0.6 is 0 Å². The predicted molar refractivity (Wildman–Crippen MR) is 95.2 cm³/mol. The molecule has 1 saturated heterocycles. The van der Waals surface area contributed by atoms with Crippen molar-refractivity contribution < 1.29 is 23.9 Å². The van der Waals surface area contributed by atoms with E-state index in [-0.39, 0.29) is 30.7 Å². The molecule has 0 radical (unpaired) electrons. The Bertz CT molecular complexity index is 657. The highest BCUT2D eigenvalue weighted by molar-refractivity contribution is 5.94. The zero-order valence-electron chi connectivity index (χ0n) is 15.1. The van der Waals surface area contributed by atoms with Crippen LogP contribution in [-0.4, -0.2) is 69.6 Å². The summed E-state index contributed by atoms with van der Waals surface area (Å²) in [6, 6.07) is 4.37. The van der Waals surface area contributed by atoms with Crippen LogP contribution in [0.3, 0.4) is 0 Å². The average molecular weight is 364 g/mol. The molecule has 3 amide bonds. The van der Waals surface area contributed by atoms with E-state index in [0.717, 1.165) is 0 Å². The van der Waals surface area contributed by atoms with Gasteiger partial charge in [0.15, 0.2) is 0 Å². The molecule has 0 bridgehead atoms. The first-order valence-corrected chi connectivity index (χ1v) is 8.22. The van der Waals surface area contributed by atoms with Crippen molar-refractivity contribution in [2.24, 2.45) is 0 Å². The summed E-state index contributed by atoms with van der Waals surface area (Å²) in [5, 5.41) is 7.99. The highest BCUT2D eigenvalue weighted by Gasteiger charge is 2.32. The van der Waals surface area contributed by atoms with Gasteiger partial charge in [0.2, 0.25) is 17.7 Å². The number of ether oxygens (including phenoxy) is 2. The van der Waals surface area contributed by atoms with Crippen molar-refractivity contribution in [3.05, 3.63) is 18.2 Å². The van der Waals surface area contributed by atoms with Crippen LogP contribution in [0, 0.1) is 0 Å². The number of benzene rings is 1. The summed E-state index contributed by atoms with van der Waals surface area (Å²) in [7, 11) is 4.56. The first-order chi connectivity index (χ1) is 12.5. The molecule has 1 atom stereocenters. The number of hydrogen-bond acceptors (Lipinski definition) is 6. The van der Waals surface area contributed by atoms with Gasteiger partial charge in [-0.05, 0) is 0 Å². The number of methoxy groups -OCH3 is 2. The van der Waals surface area contributed by atoms with Crippen molar-refractivity contribution in [2.45, 2.75) is 12.5 Å². The monoisotopic (exact) mass is 364 g/mol. The third kappa shape index (κ3) is 5.09. The van der Waals surface area contributed by atoms with Gasteiger partial charge >= 0.3 is 0 Å². The molecular weight excluding hydrogens is 340 g/mol. The smallest absolute Gasteiger partial charge is 0.238 e. The molecule has 1 aliphatic heterocycles. The van der Waals surface area contributed by atoms with Crippen LogP contribution in [0.1, 0.15) is 6.42 Å². The summed E-state index contributed by atoms with van der Waals surface area (Å²) < 4.78 is 10.4. The predicted octanol–water partition coefficient (Wildman–Crippen LogP) is -0.421. The summed E-state index contributed by atoms with van der Waals surface area (Å²) in [5.74, 6) is 0.298. The largest absolute Gasteiger partial charge is 0.497 e. The van der Waals surface area contributed by atoms with E-state index in [1.807, 2.05) is 0 Å². The molecule has 0 saturated carbocycles. The summed E-state index contributed by atoms with van der Waals surface area (Å²) in [5.41, 5.74) is 0.524. The molecule has 1 aliphatic rings. The number of carbonyl (C=O) groups excluding carboxylic acids is 3. The Morgan fingerprint density at radius 2 is 1.85 bits per heavy atom. The second kappa shape index (κ2) is 9.04. The van der Waals surface area contributed by atoms with Gasteiger partial charge in [0, 0.05) is 44.0 Å². The molecule has 0 spiro atoms. The lowest BCUT2D eigenvalue weighted by atomic mass is 10.1. The van der Waals surface area contributed by atoms with Crippen LogP contribution in [0.2, 0.25) is 0 Å². The van der Waals surface area contributed by atoms with Crippen LogP contribution in [-0.2, 0) is 14.4 Å². The zero-order chi connectivity index (χ0) is 19.1. The van der Waals surface area contributed by atoms with Crippen molar-refractivity contribution in [3.63, 3.8) is 0 Å². The van der Waals surface area contributed by atoms with Gasteiger partial charge in [-0.3, -0.25) is 19.3 Å². The molecule has 9 nitrogen and oxygen atoms in total. The summed E-state index contributed by atoms with van der Waals surface area (Å²) >= 11 is 0. The first kappa shape index (κ1) is 19.5. The van der Waals surface area contributed by atoms with Crippen molar-refractivity contribution >= 4 is 23.4 Å². The molecule has 1 aromatic carbocycles. The van der Waals surface area contributed by atoms with Crippen LogP contribution in [0.4, 0.5) is 5.69 Å². The molecule has 26 heavy (non-hydrogen) atoms. The maximum Gasteiger partial charge on any atom is 0.238 e. The highest BCUT2D eigenvalue weighted by Crippen LogP contribution is 2.25. The molecule has 2 rings (SSSR count). The van der Waals surface area contributed by atoms with Crippen LogP contribution in [0.15, 0.2) is 18.2 Å². The number of hydrogen-bond donors (Lipinski definition) is 3.